The summed E-state index contributed by atoms with van der Waals surface area (Å²) in [6, 6.07) is 10.6. The maximum Gasteiger partial charge on any atom is 0.339 e. The van der Waals surface area contributed by atoms with E-state index in [9.17, 15) is 120 Å². The number of azo groups is 3. The quantitative estimate of drug-likeness (QED) is 0.0108. The van der Waals surface area contributed by atoms with Gasteiger partial charge in [0.1, 0.15) is 68.4 Å². The number of nitrogens with two attached hydrogens (primary N) is 1. The van der Waals surface area contributed by atoms with E-state index in [0.29, 0.717) is 54.1 Å². The molecule has 0 aliphatic carbocycles. The first-order chi connectivity index (χ1) is 39.8. The lowest BCUT2D eigenvalue weighted by Crippen LogP contribution is -2.11. The van der Waals surface area contributed by atoms with Crippen LogP contribution in [0.2, 0.25) is 0 Å². The Morgan fingerprint density at radius 2 is 0.874 bits per heavy atom. The van der Waals surface area contributed by atoms with E-state index >= 15 is 0 Å². The average molecular weight is 1360 g/mol. The van der Waals surface area contributed by atoms with Gasteiger partial charge >= 0.3 is 10.1 Å². The van der Waals surface area contributed by atoms with Crippen LogP contribution in [0.5, 0.6) is 17.2 Å². The molecule has 0 saturated heterocycles. The molecule has 0 spiro atoms. The standard InChI is InChI=1S/C43H30N8O28S8/c1-18-2-5-20(6-3-18)87(77,78)79-31-14-21(80(56,57)58)13-24-22(31)7-10-29(42(24)85(71,72)73)47-49-38-34(83(65,66)67)15-25-23(40(38)52)8-11-28(43(25)86(74,75)76)46-48-30-17-32(81(59,60)61)26-16-35(84(68,69)70)39(41(53)36(26)37(30)44)50-45-27-9-4-19(51(54)55)12-33(27)82(62,63)64/h2-17,52-53H,44H2,1H3,(H,56,57,58)(H,59,60,61)(H,62,63,64)(H,65,66,67)(H,68,69,70)(H,71,72,73)(H,74,75,76). The van der Waals surface area contributed by atoms with Crippen molar-refractivity contribution in [1.82, 2.24) is 0 Å². The summed E-state index contributed by atoms with van der Waals surface area (Å²) >= 11 is 0. The number of hydrogen-bond acceptors (Lipinski definition) is 28. The second-order valence-electron chi connectivity index (χ2n) is 17.5. The molecule has 0 saturated carbocycles. The Kier molecular flexibility index (Phi) is 16.2. The smallest absolute Gasteiger partial charge is 0.339 e. The van der Waals surface area contributed by atoms with Crippen LogP contribution in [-0.2, 0) is 80.9 Å². The van der Waals surface area contributed by atoms with Crippen molar-refractivity contribution in [2.75, 3.05) is 5.73 Å². The van der Waals surface area contributed by atoms with Gasteiger partial charge in [0, 0.05) is 45.1 Å². The number of benzene rings is 8. The van der Waals surface area contributed by atoms with Crippen LogP contribution in [0.15, 0.2) is 167 Å². The minimum Gasteiger partial charge on any atom is -0.505 e. The number of nitro benzene ring substituents is 1. The highest BCUT2D eigenvalue weighted by Gasteiger charge is 2.33. The third-order valence-corrected chi connectivity index (χ3v) is 19.3. The summed E-state index contributed by atoms with van der Waals surface area (Å²) < 4.78 is 282. The van der Waals surface area contributed by atoms with Crippen LogP contribution in [0.3, 0.4) is 0 Å². The van der Waals surface area contributed by atoms with E-state index in [1.165, 1.54) is 12.1 Å². The molecule has 0 heterocycles. The first-order valence-corrected chi connectivity index (χ1v) is 33.7. The van der Waals surface area contributed by atoms with Crippen LogP contribution >= 0.6 is 0 Å². The highest BCUT2D eigenvalue weighted by atomic mass is 32.2. The fraction of sp³-hybridized carbons (Fsp3) is 0.0233. The van der Waals surface area contributed by atoms with Gasteiger partial charge in [0.2, 0.25) is 0 Å². The van der Waals surface area contributed by atoms with Crippen molar-refractivity contribution in [1.29, 1.82) is 0 Å². The molecular formula is C43H30N8O28S8. The van der Waals surface area contributed by atoms with Crippen LogP contribution in [0, 0.1) is 17.0 Å². The highest BCUT2D eigenvalue weighted by molar-refractivity contribution is 7.88. The maximum absolute atomic E-state index is 13.3. The third kappa shape index (κ3) is 12.9. The number of aryl methyl sites for hydroxylation is 1. The number of non-ortho nitro benzene ring substituents is 1. The molecule has 8 aromatic carbocycles. The molecular weight excluding hydrogens is 1330 g/mol. The Balaban J connectivity index is 1.31. The van der Waals surface area contributed by atoms with Gasteiger partial charge in [0.05, 0.1) is 20.9 Å². The number of nitrogens with zero attached hydrogens (tertiary/aromatic N) is 7. The number of phenols is 2. The molecule has 0 radical (unpaired) electrons. The Labute approximate surface area is 486 Å². The molecule has 44 heteroatoms. The molecule has 458 valence electrons. The van der Waals surface area contributed by atoms with E-state index in [-0.39, 0.29) is 18.2 Å². The van der Waals surface area contributed by atoms with Gasteiger partial charge < -0.3 is 20.1 Å². The topological polar surface area (TPSA) is 608 Å². The lowest BCUT2D eigenvalue weighted by Gasteiger charge is -2.15. The highest BCUT2D eigenvalue weighted by Crippen LogP contribution is 2.51. The van der Waals surface area contributed by atoms with Crippen LogP contribution < -0.4 is 9.92 Å². The third-order valence-electron chi connectivity index (χ3n) is 11.9. The Morgan fingerprint density at radius 3 is 1.37 bits per heavy atom. The van der Waals surface area contributed by atoms with Gasteiger partial charge in [-0.3, -0.25) is 42.0 Å². The SMILES string of the molecule is Cc1ccc(S(=O)(=O)Oc2cc(S(=O)(=O)O)cc3c(S(=O)(=O)O)c(N=Nc4c(S(=O)(=O)O)cc5c(S(=O)(=O)O)c(N=Nc6cc(S(=O)(=O)O)c7cc(S(=O)(=O)O)c(N=Nc8ccc([N+](=O)[O-])cc8S(=O)(=O)O)c(O)c7c6N)ccc5c4O)ccc23)cc1. The summed E-state index contributed by atoms with van der Waals surface area (Å²) in [5.74, 6) is -4.07. The maximum atomic E-state index is 13.3. The van der Waals surface area contributed by atoms with Crippen molar-refractivity contribution < 1.29 is 119 Å². The molecule has 0 aromatic heterocycles. The summed E-state index contributed by atoms with van der Waals surface area (Å²) in [5, 5.41) is 49.6. The van der Waals surface area contributed by atoms with Gasteiger partial charge in [0.25, 0.3) is 76.5 Å². The fourth-order valence-electron chi connectivity index (χ4n) is 8.12. The van der Waals surface area contributed by atoms with Crippen molar-refractivity contribution in [3.63, 3.8) is 0 Å². The summed E-state index contributed by atoms with van der Waals surface area (Å²) in [6.07, 6.45) is 0. The first kappa shape index (κ1) is 64.3. The fourth-order valence-corrected chi connectivity index (χ4v) is 13.9. The van der Waals surface area contributed by atoms with Gasteiger partial charge in [-0.25, -0.2) is 0 Å². The van der Waals surface area contributed by atoms with E-state index in [1.807, 2.05) is 0 Å². The predicted octanol–water partition coefficient (Wildman–Crippen LogP) is 7.10. The minimum absolute atomic E-state index is 0.193. The molecule has 0 bridgehead atoms. The van der Waals surface area contributed by atoms with Crippen molar-refractivity contribution in [3.05, 3.63) is 113 Å². The van der Waals surface area contributed by atoms with Gasteiger partial charge in [-0.15, -0.1) is 30.7 Å². The molecule has 0 unspecified atom stereocenters. The van der Waals surface area contributed by atoms with Crippen molar-refractivity contribution in [2.24, 2.45) is 30.7 Å². The van der Waals surface area contributed by atoms with E-state index in [0.717, 1.165) is 18.2 Å². The number of phenolic OH excluding ortho intramolecular Hbond substituents is 2. The largest absolute Gasteiger partial charge is 0.505 e. The molecule has 0 atom stereocenters. The molecule has 11 N–H and O–H groups in total. The molecule has 36 nitrogen and oxygen atoms in total. The Hall–Kier alpha value is -8.74. The summed E-state index contributed by atoms with van der Waals surface area (Å²) in [4.78, 5) is -0.510. The number of nitro groups is 1. The van der Waals surface area contributed by atoms with Crippen LogP contribution in [0.1, 0.15) is 5.56 Å². The van der Waals surface area contributed by atoms with Crippen molar-refractivity contribution in [3.8, 4) is 17.2 Å². The Bertz CT molecular complexity index is 5480. The zero-order valence-corrected chi connectivity index (χ0v) is 48.5. The number of aromatic hydroxyl groups is 2. The van der Waals surface area contributed by atoms with Gasteiger partial charge in [-0.1, -0.05) is 17.7 Å². The van der Waals surface area contributed by atoms with E-state index in [4.69, 9.17) is 9.92 Å². The normalized spacial score (nSPS) is 13.4. The number of anilines is 1. The molecule has 87 heavy (non-hydrogen) atoms. The average Bonchev–Trinajstić information content (AvgIpc) is 0.772. The van der Waals surface area contributed by atoms with Crippen molar-refractivity contribution in [2.45, 2.75) is 46.1 Å². The number of fused-ring (bicyclic) bond motifs is 3. The van der Waals surface area contributed by atoms with Gasteiger partial charge in [0.15, 0.2) is 17.2 Å². The second-order valence-corrected chi connectivity index (χ2v) is 28.7. The first-order valence-electron chi connectivity index (χ1n) is 22.2. The van der Waals surface area contributed by atoms with Crippen LogP contribution in [-0.4, -0.2) is 114 Å². The summed E-state index contributed by atoms with van der Waals surface area (Å²) in [7, 11) is -44.6. The van der Waals surface area contributed by atoms with Crippen LogP contribution in [0.25, 0.3) is 32.3 Å². The van der Waals surface area contributed by atoms with E-state index in [1.54, 1.807) is 6.92 Å². The summed E-state index contributed by atoms with van der Waals surface area (Å²) in [6.45, 7) is 1.60. The van der Waals surface area contributed by atoms with E-state index in [2.05, 4.69) is 30.7 Å². The van der Waals surface area contributed by atoms with E-state index < -0.39 is 220 Å². The lowest BCUT2D eigenvalue weighted by molar-refractivity contribution is -0.385. The molecule has 0 amide bonds. The lowest BCUT2D eigenvalue weighted by atomic mass is 10.0. The predicted molar refractivity (Wildman–Crippen MR) is 293 cm³/mol. The molecule has 0 fully saturated rings. The van der Waals surface area contributed by atoms with Gasteiger partial charge in [-0.05, 0) is 73.7 Å². The monoisotopic (exact) mass is 1360 g/mol. The number of nitrogen functional groups attached to an aromatic ring is 1. The molecule has 8 rings (SSSR count). The van der Waals surface area contributed by atoms with Gasteiger partial charge in [-0.2, -0.15) is 67.3 Å². The minimum atomic E-state index is -5.86. The second kappa shape index (κ2) is 21.9. The zero-order valence-electron chi connectivity index (χ0n) is 42.0. The molecule has 8 aromatic rings. The van der Waals surface area contributed by atoms with Crippen LogP contribution in [0.4, 0.5) is 45.5 Å². The number of rotatable bonds is 17. The zero-order chi connectivity index (χ0) is 64.9. The molecule has 0 aliphatic heterocycles. The Morgan fingerprint density at radius 1 is 0.425 bits per heavy atom. The summed E-state index contributed by atoms with van der Waals surface area (Å²) in [5.41, 5.74) is -2.26. The molecule has 0 aliphatic rings. The van der Waals surface area contributed by atoms with Crippen molar-refractivity contribution >= 4 is 159 Å². The number of hydrogen-bond donors (Lipinski definition) is 10.